The minimum atomic E-state index is 0.737. The zero-order chi connectivity index (χ0) is 12.8. The van der Waals surface area contributed by atoms with E-state index in [-0.39, 0.29) is 0 Å². The largest absolute Gasteiger partial charge is 0.362 e. The maximum atomic E-state index is 4.84. The lowest BCUT2D eigenvalue weighted by Crippen LogP contribution is -2.41. The Morgan fingerprint density at radius 2 is 2.28 bits per heavy atom. The first-order valence-electron chi connectivity index (χ1n) is 7.77. The molecule has 1 saturated carbocycles. The summed E-state index contributed by atoms with van der Waals surface area (Å²) in [6, 6.07) is 0.737. The van der Waals surface area contributed by atoms with Crippen LogP contribution >= 0.6 is 11.8 Å². The van der Waals surface area contributed by atoms with Crippen LogP contribution in [0.15, 0.2) is 4.99 Å². The van der Waals surface area contributed by atoms with Crippen molar-refractivity contribution in [2.24, 2.45) is 16.8 Å². The summed E-state index contributed by atoms with van der Waals surface area (Å²) in [5, 5.41) is 4.89. The van der Waals surface area contributed by atoms with Gasteiger partial charge in [-0.15, -0.1) is 0 Å². The first-order chi connectivity index (χ1) is 8.83. The summed E-state index contributed by atoms with van der Waals surface area (Å²) in [5.41, 5.74) is 0. The van der Waals surface area contributed by atoms with Crippen LogP contribution in [0.5, 0.6) is 0 Å². The zero-order valence-electron chi connectivity index (χ0n) is 12.0. The van der Waals surface area contributed by atoms with Crippen molar-refractivity contribution in [3.63, 3.8) is 0 Å². The van der Waals surface area contributed by atoms with E-state index in [1.165, 1.54) is 55.9 Å². The summed E-state index contributed by atoms with van der Waals surface area (Å²) in [6.45, 7) is 5.61. The Morgan fingerprint density at radius 3 is 3.06 bits per heavy atom. The van der Waals surface area contributed by atoms with Gasteiger partial charge in [0.2, 0.25) is 0 Å². The molecule has 0 radical (unpaired) electrons. The lowest BCUT2D eigenvalue weighted by atomic mass is 10.00. The van der Waals surface area contributed by atoms with Crippen LogP contribution in [0.3, 0.4) is 0 Å². The average molecular weight is 268 g/mol. The summed E-state index contributed by atoms with van der Waals surface area (Å²) in [5.74, 6) is 3.00. The van der Waals surface area contributed by atoms with Crippen LogP contribution in [-0.2, 0) is 0 Å². The molecule has 1 aliphatic heterocycles. The second kappa shape index (κ2) is 7.42. The number of hydrogen-bond acceptors (Lipinski definition) is 2. The lowest BCUT2D eigenvalue weighted by molar-refractivity contribution is 0.458. The molecule has 104 valence electrons. The number of thioether (sulfide) groups is 1. The van der Waals surface area contributed by atoms with Gasteiger partial charge < -0.3 is 5.32 Å². The molecule has 2 fully saturated rings. The molecule has 0 bridgehead atoms. The third-order valence-corrected chi connectivity index (χ3v) is 5.55. The molecule has 3 unspecified atom stereocenters. The summed E-state index contributed by atoms with van der Waals surface area (Å²) in [6.07, 6.45) is 9.47. The number of nitrogens with one attached hydrogen (secondary N) is 1. The van der Waals surface area contributed by atoms with Crippen LogP contribution in [-0.4, -0.2) is 23.5 Å². The molecule has 3 atom stereocenters. The summed E-state index contributed by atoms with van der Waals surface area (Å²) in [4.78, 5) is 4.84. The molecule has 1 aliphatic carbocycles. The van der Waals surface area contributed by atoms with Gasteiger partial charge in [-0.3, -0.25) is 4.99 Å². The van der Waals surface area contributed by atoms with Crippen molar-refractivity contribution >= 4 is 16.9 Å². The third-order valence-electron chi connectivity index (χ3n) is 4.44. The minimum absolute atomic E-state index is 0.737. The highest BCUT2D eigenvalue weighted by atomic mass is 32.2. The molecule has 0 spiro atoms. The Kier molecular flexibility index (Phi) is 5.87. The minimum Gasteiger partial charge on any atom is -0.362 e. The van der Waals surface area contributed by atoms with Gasteiger partial charge in [0.05, 0.1) is 0 Å². The molecule has 18 heavy (non-hydrogen) atoms. The van der Waals surface area contributed by atoms with E-state index >= 15 is 0 Å². The Morgan fingerprint density at radius 1 is 1.39 bits per heavy atom. The van der Waals surface area contributed by atoms with Crippen molar-refractivity contribution in [1.82, 2.24) is 5.32 Å². The van der Waals surface area contributed by atoms with Gasteiger partial charge in [-0.2, -0.15) is 0 Å². The molecule has 2 rings (SSSR count). The Hall–Kier alpha value is -0.180. The molecule has 0 aromatic rings. The monoisotopic (exact) mass is 268 g/mol. The fraction of sp³-hybridized carbons (Fsp3) is 0.933. The highest BCUT2D eigenvalue weighted by Gasteiger charge is 2.31. The molecule has 1 N–H and O–H groups in total. The fourth-order valence-electron chi connectivity index (χ4n) is 3.03. The number of fused-ring (bicyclic) bond motifs is 1. The SMILES string of the molecule is CCCCC(CC)CN=C1NC2CCCC2CS1. The smallest absolute Gasteiger partial charge is 0.156 e. The predicted molar refractivity (Wildman–Crippen MR) is 82.3 cm³/mol. The highest BCUT2D eigenvalue weighted by molar-refractivity contribution is 8.13. The standard InChI is InChI=1S/C15H28N2S/c1-3-5-7-12(4-2)10-16-15-17-14-9-6-8-13(14)11-18-15/h12-14H,3-11H2,1-2H3,(H,16,17). The molecule has 0 amide bonds. The molecular formula is C15H28N2S. The van der Waals surface area contributed by atoms with E-state index in [4.69, 9.17) is 4.99 Å². The molecule has 2 aliphatic rings. The Labute approximate surface area is 116 Å². The van der Waals surface area contributed by atoms with Crippen molar-refractivity contribution < 1.29 is 0 Å². The van der Waals surface area contributed by atoms with Crippen LogP contribution in [0, 0.1) is 11.8 Å². The summed E-state index contributed by atoms with van der Waals surface area (Å²) >= 11 is 1.95. The molecule has 0 aromatic heterocycles. The van der Waals surface area contributed by atoms with Crippen molar-refractivity contribution in [2.45, 2.75) is 64.8 Å². The molecule has 1 saturated heterocycles. The summed E-state index contributed by atoms with van der Waals surface area (Å²) in [7, 11) is 0. The Balaban J connectivity index is 1.77. The maximum Gasteiger partial charge on any atom is 0.156 e. The van der Waals surface area contributed by atoms with E-state index < -0.39 is 0 Å². The first-order valence-corrected chi connectivity index (χ1v) is 8.75. The predicted octanol–water partition coefficient (Wildman–Crippen LogP) is 4.06. The average Bonchev–Trinajstić information content (AvgIpc) is 2.86. The number of nitrogens with zero attached hydrogens (tertiary/aromatic N) is 1. The van der Waals surface area contributed by atoms with Crippen molar-refractivity contribution in [3.8, 4) is 0 Å². The lowest BCUT2D eigenvalue weighted by Gasteiger charge is -2.28. The number of rotatable bonds is 6. The van der Waals surface area contributed by atoms with Crippen LogP contribution < -0.4 is 5.32 Å². The van der Waals surface area contributed by atoms with Gasteiger partial charge >= 0.3 is 0 Å². The normalized spacial score (nSPS) is 31.1. The quantitative estimate of drug-likeness (QED) is 0.785. The molecule has 3 heteroatoms. The number of aliphatic imine (C=N–C) groups is 1. The van der Waals surface area contributed by atoms with Gasteiger partial charge in [-0.05, 0) is 31.1 Å². The third kappa shape index (κ3) is 3.91. The van der Waals surface area contributed by atoms with Crippen LogP contribution in [0.1, 0.15) is 58.8 Å². The summed E-state index contributed by atoms with van der Waals surface area (Å²) < 4.78 is 0. The van der Waals surface area contributed by atoms with Crippen LogP contribution in [0.25, 0.3) is 0 Å². The second-order valence-electron chi connectivity index (χ2n) is 5.82. The fourth-order valence-corrected chi connectivity index (χ4v) is 4.20. The first kappa shape index (κ1) is 14.2. The van der Waals surface area contributed by atoms with Gasteiger partial charge in [0.1, 0.15) is 0 Å². The number of unbranched alkanes of at least 4 members (excludes halogenated alkanes) is 1. The van der Waals surface area contributed by atoms with Crippen molar-refractivity contribution in [3.05, 3.63) is 0 Å². The molecule has 1 heterocycles. The maximum absolute atomic E-state index is 4.84. The molecule has 2 nitrogen and oxygen atoms in total. The van der Waals surface area contributed by atoms with E-state index in [9.17, 15) is 0 Å². The number of hydrogen-bond donors (Lipinski definition) is 1. The molecule has 0 aromatic carbocycles. The highest BCUT2D eigenvalue weighted by Crippen LogP contribution is 2.32. The van der Waals surface area contributed by atoms with Gasteiger partial charge in [0, 0.05) is 18.3 Å². The van der Waals surface area contributed by atoms with Gasteiger partial charge in [0.15, 0.2) is 5.17 Å². The van der Waals surface area contributed by atoms with E-state index in [1.54, 1.807) is 0 Å². The van der Waals surface area contributed by atoms with E-state index in [1.807, 2.05) is 11.8 Å². The van der Waals surface area contributed by atoms with E-state index in [0.29, 0.717) is 0 Å². The zero-order valence-corrected chi connectivity index (χ0v) is 12.8. The van der Waals surface area contributed by atoms with Crippen LogP contribution in [0.2, 0.25) is 0 Å². The van der Waals surface area contributed by atoms with Crippen molar-refractivity contribution in [1.29, 1.82) is 0 Å². The van der Waals surface area contributed by atoms with Gasteiger partial charge in [-0.1, -0.05) is 51.3 Å². The second-order valence-corrected chi connectivity index (χ2v) is 6.82. The van der Waals surface area contributed by atoms with Gasteiger partial charge in [0.25, 0.3) is 0 Å². The Bertz CT molecular complexity index is 278. The van der Waals surface area contributed by atoms with E-state index in [0.717, 1.165) is 24.4 Å². The number of amidine groups is 1. The van der Waals surface area contributed by atoms with E-state index in [2.05, 4.69) is 19.2 Å². The van der Waals surface area contributed by atoms with Crippen LogP contribution in [0.4, 0.5) is 0 Å². The van der Waals surface area contributed by atoms with Gasteiger partial charge in [-0.25, -0.2) is 0 Å². The topological polar surface area (TPSA) is 24.4 Å². The molecular weight excluding hydrogens is 240 g/mol. The van der Waals surface area contributed by atoms with Crippen molar-refractivity contribution in [2.75, 3.05) is 12.3 Å².